The van der Waals surface area contributed by atoms with Gasteiger partial charge in [0.1, 0.15) is 12.4 Å². The van der Waals surface area contributed by atoms with Gasteiger partial charge in [-0.2, -0.15) is 31.3 Å². The van der Waals surface area contributed by atoms with Gasteiger partial charge in [0.25, 0.3) is 5.91 Å². The highest BCUT2D eigenvalue weighted by molar-refractivity contribution is 8.15. The van der Waals surface area contributed by atoms with E-state index in [1.807, 2.05) is 24.3 Å². The second-order valence-electron chi connectivity index (χ2n) is 10.7. The van der Waals surface area contributed by atoms with E-state index in [1.165, 1.54) is 24.9 Å². The highest BCUT2D eigenvalue weighted by Crippen LogP contribution is 2.39. The molecule has 3 aromatic carbocycles. The van der Waals surface area contributed by atoms with Crippen LogP contribution in [0.1, 0.15) is 28.7 Å². The Morgan fingerprint density at radius 3 is 2.26 bits per heavy atom. The molecule has 0 radical (unpaired) electrons. The molecule has 0 spiro atoms. The summed E-state index contributed by atoms with van der Waals surface area (Å²) in [6.45, 7) is 2.37. The number of alkyl halides is 6. The number of methoxy groups -OCH3 is 2. The van der Waals surface area contributed by atoms with E-state index in [0.29, 0.717) is 24.1 Å². The van der Waals surface area contributed by atoms with E-state index in [0.717, 1.165) is 49.2 Å². The summed E-state index contributed by atoms with van der Waals surface area (Å²) in [5.41, 5.74) is -1.37. The van der Waals surface area contributed by atoms with Crippen LogP contribution < -0.4 is 19.1 Å². The molecule has 2 aliphatic heterocycles. The summed E-state index contributed by atoms with van der Waals surface area (Å²) < 4.78 is 95.8. The van der Waals surface area contributed by atoms with Crippen LogP contribution in [0, 0.1) is 0 Å². The molecule has 0 bridgehead atoms. The number of piperazine rings is 1. The summed E-state index contributed by atoms with van der Waals surface area (Å²) in [4.78, 5) is 21.4. The van der Waals surface area contributed by atoms with Crippen LogP contribution in [0.4, 0.5) is 32.0 Å². The van der Waals surface area contributed by atoms with Crippen LogP contribution in [-0.4, -0.2) is 61.6 Å². The van der Waals surface area contributed by atoms with Gasteiger partial charge in [-0.1, -0.05) is 30.0 Å². The Hall–Kier alpha value is -4.07. The summed E-state index contributed by atoms with van der Waals surface area (Å²) in [6, 6.07) is 14.2. The van der Waals surface area contributed by atoms with Crippen LogP contribution in [-0.2, 0) is 30.2 Å². The summed E-state index contributed by atoms with van der Waals surface area (Å²) in [6.07, 6.45) is -8.91. The van der Waals surface area contributed by atoms with E-state index in [1.54, 1.807) is 19.2 Å². The van der Waals surface area contributed by atoms with Gasteiger partial charge in [0, 0.05) is 43.5 Å². The molecule has 3 aromatic rings. The van der Waals surface area contributed by atoms with Gasteiger partial charge in [-0.05, 0) is 54.8 Å². The Morgan fingerprint density at radius 1 is 0.848 bits per heavy atom. The number of rotatable bonds is 9. The number of aliphatic imine (C=N–C) groups is 1. The van der Waals surface area contributed by atoms with Gasteiger partial charge in [0.15, 0.2) is 16.7 Å². The maximum absolute atomic E-state index is 13.5. The Kier molecular flexibility index (Phi) is 9.94. The number of thioether (sulfide) groups is 1. The fraction of sp³-hybridized carbons (Fsp3) is 0.375. The number of anilines is 1. The molecule has 0 aromatic heterocycles. The minimum absolute atomic E-state index is 0.0821. The number of halogens is 6. The number of amides is 1. The molecule has 0 aliphatic carbocycles. The SMILES string of the molecule is COc1cccc(N2CCN(C3=NC(=O)C(CCc4ccc(OCc5ccc(C(F)(F)F)cc5C(F)(F)F)c(OC)c4)S3)CC2)c1. The zero-order chi connectivity index (χ0) is 33.1. The van der Waals surface area contributed by atoms with E-state index in [4.69, 9.17) is 14.2 Å². The lowest BCUT2D eigenvalue weighted by Crippen LogP contribution is -2.47. The fourth-order valence-corrected chi connectivity index (χ4v) is 6.36. The minimum atomic E-state index is -5.00. The zero-order valence-corrected chi connectivity index (χ0v) is 25.8. The van der Waals surface area contributed by atoms with E-state index in [2.05, 4.69) is 14.8 Å². The zero-order valence-electron chi connectivity index (χ0n) is 25.0. The Labute approximate surface area is 266 Å². The topological polar surface area (TPSA) is 63.6 Å². The fourth-order valence-electron chi connectivity index (χ4n) is 5.24. The first-order valence-electron chi connectivity index (χ1n) is 14.4. The minimum Gasteiger partial charge on any atom is -0.497 e. The third-order valence-corrected chi connectivity index (χ3v) is 9.03. The summed E-state index contributed by atoms with van der Waals surface area (Å²) in [5.74, 6) is 0.972. The molecule has 1 saturated heterocycles. The number of benzene rings is 3. The number of hydrogen-bond acceptors (Lipinski definition) is 7. The summed E-state index contributed by atoms with van der Waals surface area (Å²) in [7, 11) is 3.00. The monoisotopic (exact) mass is 667 g/mol. The molecule has 246 valence electrons. The average Bonchev–Trinajstić information content (AvgIpc) is 3.42. The van der Waals surface area contributed by atoms with Crippen LogP contribution in [0.3, 0.4) is 0 Å². The standard InChI is InChI=1S/C32H31F6N3O4S/c1-43-24-5-3-4-23(18-24)40-12-14-41(15-13-40)30-39-29(42)28(46-30)11-7-20-6-10-26(27(16-20)44-2)45-19-21-8-9-22(31(33,34)35)17-25(21)32(36,37)38/h3-6,8-10,16-18,28H,7,11-15,19H2,1-2H3. The normalized spacial score (nSPS) is 17.3. The first-order chi connectivity index (χ1) is 21.9. The van der Waals surface area contributed by atoms with Crippen molar-refractivity contribution in [1.29, 1.82) is 0 Å². The molecule has 5 rings (SSSR count). The maximum atomic E-state index is 13.5. The third-order valence-electron chi connectivity index (χ3n) is 7.75. The molecule has 7 nitrogen and oxygen atoms in total. The molecule has 1 amide bonds. The molecular weight excluding hydrogens is 636 g/mol. The van der Waals surface area contributed by atoms with Crippen LogP contribution in [0.2, 0.25) is 0 Å². The predicted molar refractivity (Wildman–Crippen MR) is 163 cm³/mol. The first-order valence-corrected chi connectivity index (χ1v) is 15.2. The molecule has 0 N–H and O–H groups in total. The molecule has 1 atom stereocenters. The largest absolute Gasteiger partial charge is 0.497 e. The van der Waals surface area contributed by atoms with Gasteiger partial charge in [0.2, 0.25) is 0 Å². The molecule has 0 saturated carbocycles. The van der Waals surface area contributed by atoms with Crippen molar-refractivity contribution >= 4 is 28.5 Å². The lowest BCUT2D eigenvalue weighted by Gasteiger charge is -2.36. The van der Waals surface area contributed by atoms with Crippen LogP contribution in [0.5, 0.6) is 17.2 Å². The number of hydrogen-bond donors (Lipinski definition) is 0. The highest BCUT2D eigenvalue weighted by Gasteiger charge is 2.38. The van der Waals surface area contributed by atoms with E-state index in [9.17, 15) is 31.1 Å². The summed E-state index contributed by atoms with van der Waals surface area (Å²) >= 11 is 1.44. The Balaban J connectivity index is 1.15. The van der Waals surface area contributed by atoms with Crippen molar-refractivity contribution in [3.63, 3.8) is 0 Å². The molecule has 1 unspecified atom stereocenters. The number of amidine groups is 1. The van der Waals surface area contributed by atoms with Crippen LogP contribution >= 0.6 is 11.8 Å². The van der Waals surface area contributed by atoms with E-state index >= 15 is 0 Å². The van der Waals surface area contributed by atoms with Crippen molar-refractivity contribution in [1.82, 2.24) is 4.90 Å². The molecule has 1 fully saturated rings. The number of carbonyl (C=O) groups is 1. The Bertz CT molecular complexity index is 1590. The first kappa shape index (κ1) is 33.3. The van der Waals surface area contributed by atoms with Gasteiger partial charge in [-0.25, -0.2) is 0 Å². The van der Waals surface area contributed by atoms with Gasteiger partial charge in [0.05, 0.1) is 30.6 Å². The van der Waals surface area contributed by atoms with Crippen molar-refractivity contribution < 1.29 is 45.3 Å². The van der Waals surface area contributed by atoms with Crippen molar-refractivity contribution in [3.8, 4) is 17.2 Å². The van der Waals surface area contributed by atoms with Crippen molar-refractivity contribution in [3.05, 3.63) is 82.9 Å². The molecule has 2 heterocycles. The van der Waals surface area contributed by atoms with E-state index in [-0.39, 0.29) is 28.7 Å². The third kappa shape index (κ3) is 7.83. The number of nitrogens with zero attached hydrogens (tertiary/aromatic N) is 3. The van der Waals surface area contributed by atoms with Crippen LogP contribution in [0.15, 0.2) is 65.7 Å². The van der Waals surface area contributed by atoms with Crippen molar-refractivity contribution in [2.45, 2.75) is 37.1 Å². The van der Waals surface area contributed by atoms with E-state index < -0.39 is 35.6 Å². The maximum Gasteiger partial charge on any atom is 0.416 e. The quantitative estimate of drug-likeness (QED) is 0.226. The van der Waals surface area contributed by atoms with Crippen molar-refractivity contribution in [2.75, 3.05) is 45.3 Å². The van der Waals surface area contributed by atoms with Gasteiger partial charge >= 0.3 is 12.4 Å². The second-order valence-corrected chi connectivity index (χ2v) is 11.9. The average molecular weight is 668 g/mol. The number of carbonyl (C=O) groups excluding carboxylic acids is 1. The second kappa shape index (κ2) is 13.7. The van der Waals surface area contributed by atoms with Gasteiger partial charge in [-0.3, -0.25) is 4.79 Å². The lowest BCUT2D eigenvalue weighted by atomic mass is 10.0. The smallest absolute Gasteiger partial charge is 0.416 e. The molecular formula is C32H31F6N3O4S. The molecule has 14 heteroatoms. The van der Waals surface area contributed by atoms with Gasteiger partial charge in [-0.15, -0.1) is 0 Å². The lowest BCUT2D eigenvalue weighted by molar-refractivity contribution is -0.143. The number of ether oxygens (including phenoxy) is 3. The summed E-state index contributed by atoms with van der Waals surface area (Å²) in [5, 5.41) is 0.358. The molecule has 2 aliphatic rings. The molecule has 46 heavy (non-hydrogen) atoms. The van der Waals surface area contributed by atoms with Gasteiger partial charge < -0.3 is 24.0 Å². The highest BCUT2D eigenvalue weighted by atomic mass is 32.2. The van der Waals surface area contributed by atoms with Crippen molar-refractivity contribution in [2.24, 2.45) is 4.99 Å². The Morgan fingerprint density at radius 2 is 1.59 bits per heavy atom. The predicted octanol–water partition coefficient (Wildman–Crippen LogP) is 7.07. The van der Waals surface area contributed by atoms with Crippen LogP contribution in [0.25, 0.3) is 0 Å². The number of aryl methyl sites for hydroxylation is 1.